The summed E-state index contributed by atoms with van der Waals surface area (Å²) in [5.41, 5.74) is 2.75. The van der Waals surface area contributed by atoms with Crippen molar-refractivity contribution in [1.82, 2.24) is 0 Å². The van der Waals surface area contributed by atoms with Gasteiger partial charge in [0.2, 0.25) is 0 Å². The van der Waals surface area contributed by atoms with Gasteiger partial charge >= 0.3 is 108 Å². The molecule has 0 aliphatic carbocycles. The molecule has 0 unspecified atom stereocenters. The third kappa shape index (κ3) is 2.22. The van der Waals surface area contributed by atoms with Crippen LogP contribution in [0.15, 0.2) is 0 Å². The molecule has 0 aromatic rings. The van der Waals surface area contributed by atoms with Crippen molar-refractivity contribution >= 4 is 44.4 Å². The average molecular weight is 430 g/mol. The molecular weight excluding hydrogens is 406 g/mol. The van der Waals surface area contributed by atoms with Crippen LogP contribution in [0.5, 0.6) is 0 Å². The van der Waals surface area contributed by atoms with Crippen molar-refractivity contribution in [2.24, 2.45) is 0 Å². The van der Waals surface area contributed by atoms with Gasteiger partial charge in [0.05, 0.1) is 0 Å². The van der Waals surface area contributed by atoms with Crippen molar-refractivity contribution in [1.29, 1.82) is 0 Å². The predicted octanol–water partition coefficient (Wildman–Crippen LogP) is 4.78. The van der Waals surface area contributed by atoms with Crippen LogP contribution >= 0.6 is 24.0 Å². The van der Waals surface area contributed by atoms with Gasteiger partial charge in [-0.15, -0.1) is 0 Å². The van der Waals surface area contributed by atoms with E-state index in [2.05, 4.69) is 68.6 Å². The Kier molecular flexibility index (Phi) is 5.58. The molecule has 0 heterocycles. The molecule has 0 aromatic heterocycles. The van der Waals surface area contributed by atoms with Crippen LogP contribution in [0.1, 0.15) is 41.5 Å². The van der Waals surface area contributed by atoms with Gasteiger partial charge in [-0.3, -0.25) is 0 Å². The molecule has 0 rings (SSSR count). The van der Waals surface area contributed by atoms with E-state index in [0.29, 0.717) is 0 Å². The van der Waals surface area contributed by atoms with E-state index < -0.39 is 1.94 Å². The third-order valence-electron chi connectivity index (χ3n) is 3.39. The van der Waals surface area contributed by atoms with E-state index >= 15 is 0 Å². The van der Waals surface area contributed by atoms with Crippen molar-refractivity contribution in [3.05, 3.63) is 0 Å². The summed E-state index contributed by atoms with van der Waals surface area (Å²) < 4.78 is -1.38. The second kappa shape index (κ2) is 4.86. The summed E-state index contributed by atoms with van der Waals surface area (Å²) in [6.07, 6.45) is 0. The zero-order valence-electron chi connectivity index (χ0n) is 9.97. The molecule has 0 saturated carbocycles. The molecule has 13 heavy (non-hydrogen) atoms. The Morgan fingerprint density at radius 2 is 1.08 bits per heavy atom. The van der Waals surface area contributed by atoms with Crippen LogP contribution in [0, 0.1) is 0 Å². The minimum atomic E-state index is -1.38. The van der Waals surface area contributed by atoms with E-state index in [1.807, 2.05) is 0 Å². The fourth-order valence-electron chi connectivity index (χ4n) is 2.42. The van der Waals surface area contributed by atoms with Gasteiger partial charge < -0.3 is 0 Å². The Labute approximate surface area is 107 Å². The summed E-state index contributed by atoms with van der Waals surface area (Å²) in [5, 5.41) is 0. The molecule has 0 radical (unpaired) electrons. The van der Waals surface area contributed by atoms with Gasteiger partial charge in [0.1, 0.15) is 0 Å². The van der Waals surface area contributed by atoms with E-state index in [-0.39, 0.29) is 20.4 Å². The van der Waals surface area contributed by atoms with Crippen molar-refractivity contribution in [3.8, 4) is 0 Å². The zero-order chi connectivity index (χ0) is 10.9. The van der Waals surface area contributed by atoms with Crippen LogP contribution in [0.2, 0.25) is 4.97 Å². The number of halogens is 1. The van der Waals surface area contributed by atoms with Gasteiger partial charge in [-0.2, -0.15) is 0 Å². The van der Waals surface area contributed by atoms with Crippen LogP contribution < -0.4 is 0 Å². The Morgan fingerprint density at radius 3 is 1.08 bits per heavy atom. The van der Waals surface area contributed by atoms with Crippen LogP contribution in [-0.2, 0) is 0 Å². The Bertz CT molecular complexity index is 153. The summed E-state index contributed by atoms with van der Waals surface area (Å²) in [4.78, 5) is 2.52. The molecule has 0 aliphatic rings. The maximum absolute atomic E-state index is 2.93. The molecule has 0 spiro atoms. The predicted molar refractivity (Wildman–Crippen MR) is 78.0 cm³/mol. The number of hydrogen-bond donors (Lipinski definition) is 0. The molecule has 0 aliphatic heterocycles. The molecular formula is C10H24IPTe. The first-order valence-corrected chi connectivity index (χ1v) is 15.6. The van der Waals surface area contributed by atoms with Gasteiger partial charge in [-0.05, 0) is 0 Å². The quantitative estimate of drug-likeness (QED) is 0.343. The van der Waals surface area contributed by atoms with Crippen molar-refractivity contribution < 1.29 is 0 Å². The summed E-state index contributed by atoms with van der Waals surface area (Å²) in [6.45, 7) is 14.7. The van der Waals surface area contributed by atoms with Gasteiger partial charge in [-0.25, -0.2) is 0 Å². The normalized spacial score (nSPS) is 16.7. The van der Waals surface area contributed by atoms with E-state index in [9.17, 15) is 0 Å². The molecule has 0 N–H and O–H groups in total. The van der Waals surface area contributed by atoms with E-state index in [4.69, 9.17) is 0 Å². The fraction of sp³-hybridized carbons (Fsp3) is 1.00. The Balaban J connectivity index is 5.33. The standard InChI is InChI=1S/C10H24IPTe/c1-8(2)12(11,13-7,9(3)4)10(5)6/h8-10H,1-7H3. The van der Waals surface area contributed by atoms with E-state index in [1.165, 1.54) is 0 Å². The molecule has 0 saturated heterocycles. The minimum absolute atomic E-state index is 0.182. The van der Waals surface area contributed by atoms with Crippen molar-refractivity contribution in [2.45, 2.75) is 63.5 Å². The molecule has 0 atom stereocenters. The third-order valence-corrected chi connectivity index (χ3v) is 45.6. The molecule has 0 amide bonds. The zero-order valence-corrected chi connectivity index (χ0v) is 15.3. The van der Waals surface area contributed by atoms with E-state index in [0.717, 1.165) is 17.0 Å². The summed E-state index contributed by atoms with van der Waals surface area (Å²) in [5.74, 6) is 0. The topological polar surface area (TPSA) is 0 Å². The summed E-state index contributed by atoms with van der Waals surface area (Å²) in [6, 6.07) is 0. The Hall–Kier alpha value is 1.95. The first-order chi connectivity index (χ1) is 5.71. The Morgan fingerprint density at radius 1 is 0.846 bits per heavy atom. The van der Waals surface area contributed by atoms with Crippen LogP contribution in [-0.4, -0.2) is 37.4 Å². The molecule has 0 aromatic carbocycles. The monoisotopic (exact) mass is 432 g/mol. The first kappa shape index (κ1) is 14.9. The van der Waals surface area contributed by atoms with Crippen molar-refractivity contribution in [2.75, 3.05) is 0 Å². The van der Waals surface area contributed by atoms with Gasteiger partial charge in [-0.1, -0.05) is 0 Å². The second-order valence-electron chi connectivity index (χ2n) is 4.59. The van der Waals surface area contributed by atoms with Crippen molar-refractivity contribution in [3.63, 3.8) is 0 Å². The van der Waals surface area contributed by atoms with Crippen LogP contribution in [0.4, 0.5) is 0 Å². The van der Waals surface area contributed by atoms with Gasteiger partial charge in [0.25, 0.3) is 0 Å². The SMILES string of the molecule is C[Te]P(I)(C(C)C)(C(C)C)C(C)C. The van der Waals surface area contributed by atoms with Gasteiger partial charge in [0.15, 0.2) is 0 Å². The maximum atomic E-state index is 2.93. The summed E-state index contributed by atoms with van der Waals surface area (Å²) in [7, 11) is 0. The summed E-state index contributed by atoms with van der Waals surface area (Å²) >= 11 is 3.11. The fourth-order valence-corrected chi connectivity index (χ4v) is 18.1. The first-order valence-electron chi connectivity index (χ1n) is 5.00. The number of rotatable bonds is 4. The average Bonchev–Trinajstić information content (AvgIpc) is 2.01. The van der Waals surface area contributed by atoms with Crippen LogP contribution in [0.3, 0.4) is 0 Å². The molecule has 3 heteroatoms. The molecule has 0 bridgehead atoms. The molecule has 0 fully saturated rings. The van der Waals surface area contributed by atoms with Gasteiger partial charge in [0, 0.05) is 0 Å². The number of hydrogen-bond acceptors (Lipinski definition) is 0. The van der Waals surface area contributed by atoms with Crippen LogP contribution in [0.25, 0.3) is 0 Å². The van der Waals surface area contributed by atoms with E-state index in [1.54, 1.807) is 0 Å². The molecule has 82 valence electrons. The molecule has 0 nitrogen and oxygen atoms in total. The second-order valence-corrected chi connectivity index (χ2v) is 33.0.